The van der Waals surface area contributed by atoms with Gasteiger partial charge in [-0.15, -0.1) is 0 Å². The van der Waals surface area contributed by atoms with E-state index in [0.29, 0.717) is 12.8 Å². The summed E-state index contributed by atoms with van der Waals surface area (Å²) in [5.41, 5.74) is 0. The molecule has 0 saturated carbocycles. The van der Waals surface area contributed by atoms with E-state index in [1.807, 2.05) is 0 Å². The summed E-state index contributed by atoms with van der Waals surface area (Å²) in [4.78, 5) is 25.6. The first kappa shape index (κ1) is 61.7. The number of hydrogen-bond donors (Lipinski definition) is 4. The molecule has 0 aromatic rings. The molecule has 0 spiro atoms. The van der Waals surface area contributed by atoms with Crippen molar-refractivity contribution < 1.29 is 56.8 Å². The van der Waals surface area contributed by atoms with Crippen LogP contribution in [0.25, 0.3) is 0 Å². The van der Waals surface area contributed by atoms with E-state index in [0.717, 1.165) is 38.5 Å². The smallest absolute Gasteiger partial charge is 0.306 e. The molecule has 0 bridgehead atoms. The number of carbonyl (C=O) groups is 2. The predicted octanol–water partition coefficient (Wildman–Crippen LogP) is 12.4. The molecule has 0 aliphatic carbocycles. The maximum atomic E-state index is 12.9. The lowest BCUT2D eigenvalue weighted by molar-refractivity contribution is -0.297. The van der Waals surface area contributed by atoms with Gasteiger partial charge in [-0.2, -0.15) is 8.42 Å². The van der Waals surface area contributed by atoms with Crippen LogP contribution < -0.4 is 0 Å². The van der Waals surface area contributed by atoms with E-state index in [4.69, 9.17) is 18.9 Å². The van der Waals surface area contributed by atoms with E-state index < -0.39 is 71.2 Å². The van der Waals surface area contributed by atoms with Crippen molar-refractivity contribution in [2.45, 2.75) is 301 Å². The molecule has 1 saturated heterocycles. The molecule has 0 amide bonds. The summed E-state index contributed by atoms with van der Waals surface area (Å²) in [5.74, 6) is -1.95. The highest BCUT2D eigenvalue weighted by atomic mass is 32.2. The van der Waals surface area contributed by atoms with Gasteiger partial charge in [-0.25, -0.2) is 0 Å². The standard InChI is InChI=1S/C52H100O12S/c1-3-5-7-9-11-13-15-17-19-21-22-23-25-27-29-31-33-35-37-39-41-48(54)63-45(43-62-52-51(57)50(56)49(55)46(64-52)44-65(58,59)60)42-61-47(53)40-38-36-34-32-30-28-26-24-20-18-16-14-12-10-8-6-4-2/h45-46,49-52,55-57H,3-44H2,1-2H3,(H,58,59,60). The molecule has 1 rings (SSSR count). The van der Waals surface area contributed by atoms with Crippen LogP contribution in [0.1, 0.15) is 264 Å². The Morgan fingerprint density at radius 2 is 0.785 bits per heavy atom. The minimum atomic E-state index is -4.60. The van der Waals surface area contributed by atoms with Crippen molar-refractivity contribution in [3.05, 3.63) is 0 Å². The van der Waals surface area contributed by atoms with Crippen molar-refractivity contribution in [2.75, 3.05) is 19.0 Å². The van der Waals surface area contributed by atoms with E-state index in [2.05, 4.69) is 13.8 Å². The Kier molecular flexibility index (Phi) is 40.5. The van der Waals surface area contributed by atoms with Crippen molar-refractivity contribution in [1.82, 2.24) is 0 Å². The molecular weight excluding hydrogens is 849 g/mol. The molecule has 1 fully saturated rings. The fourth-order valence-corrected chi connectivity index (χ4v) is 9.43. The van der Waals surface area contributed by atoms with Gasteiger partial charge in [0, 0.05) is 12.8 Å². The van der Waals surface area contributed by atoms with Crippen LogP contribution in [0.5, 0.6) is 0 Å². The molecule has 0 radical (unpaired) electrons. The molecule has 12 nitrogen and oxygen atoms in total. The fourth-order valence-electron chi connectivity index (χ4n) is 8.74. The quantitative estimate of drug-likeness (QED) is 0.0257. The third-order valence-corrected chi connectivity index (χ3v) is 13.7. The van der Waals surface area contributed by atoms with E-state index in [9.17, 15) is 37.9 Å². The number of carbonyl (C=O) groups excluding carboxylic acids is 2. The Morgan fingerprint density at radius 3 is 1.12 bits per heavy atom. The molecule has 6 unspecified atom stereocenters. The van der Waals surface area contributed by atoms with Crippen molar-refractivity contribution in [2.24, 2.45) is 0 Å². The molecule has 1 heterocycles. The maximum absolute atomic E-state index is 12.9. The Balaban J connectivity index is 2.33. The Hall–Kier alpha value is -1.35. The number of unbranched alkanes of at least 4 members (excludes halogenated alkanes) is 35. The molecular formula is C52H100O12S. The van der Waals surface area contributed by atoms with E-state index in [1.165, 1.54) is 186 Å². The van der Waals surface area contributed by atoms with Gasteiger partial charge >= 0.3 is 11.9 Å². The highest BCUT2D eigenvalue weighted by Gasteiger charge is 2.46. The Morgan fingerprint density at radius 1 is 0.462 bits per heavy atom. The van der Waals surface area contributed by atoms with E-state index >= 15 is 0 Å². The second-order valence-corrected chi connectivity index (χ2v) is 20.8. The van der Waals surface area contributed by atoms with Gasteiger partial charge in [0.2, 0.25) is 0 Å². The Labute approximate surface area is 397 Å². The minimum Gasteiger partial charge on any atom is -0.462 e. The van der Waals surface area contributed by atoms with Crippen LogP contribution in [0, 0.1) is 0 Å². The van der Waals surface area contributed by atoms with Crippen LogP contribution in [-0.4, -0.2) is 96.0 Å². The van der Waals surface area contributed by atoms with Gasteiger partial charge in [0.15, 0.2) is 12.4 Å². The molecule has 386 valence electrons. The average molecular weight is 949 g/mol. The third-order valence-electron chi connectivity index (χ3n) is 12.9. The van der Waals surface area contributed by atoms with Crippen LogP contribution in [-0.2, 0) is 38.7 Å². The first-order chi connectivity index (χ1) is 31.5. The van der Waals surface area contributed by atoms with Crippen molar-refractivity contribution in [3.63, 3.8) is 0 Å². The third kappa shape index (κ3) is 37.3. The van der Waals surface area contributed by atoms with Gasteiger partial charge in [0.1, 0.15) is 36.8 Å². The largest absolute Gasteiger partial charge is 0.462 e. The van der Waals surface area contributed by atoms with E-state index in [1.54, 1.807) is 0 Å². The van der Waals surface area contributed by atoms with Gasteiger partial charge in [-0.3, -0.25) is 14.1 Å². The topological polar surface area (TPSA) is 186 Å². The second kappa shape index (κ2) is 42.7. The van der Waals surface area contributed by atoms with Crippen molar-refractivity contribution in [3.8, 4) is 0 Å². The number of ether oxygens (including phenoxy) is 4. The number of esters is 2. The van der Waals surface area contributed by atoms with Crippen LogP contribution in [0.4, 0.5) is 0 Å². The summed E-state index contributed by atoms with van der Waals surface area (Å²) in [7, 11) is -4.60. The lowest BCUT2D eigenvalue weighted by Crippen LogP contribution is -2.60. The minimum absolute atomic E-state index is 0.173. The summed E-state index contributed by atoms with van der Waals surface area (Å²) in [6.07, 6.45) is 37.1. The van der Waals surface area contributed by atoms with Crippen LogP contribution in [0.2, 0.25) is 0 Å². The molecule has 1 aliphatic heterocycles. The van der Waals surface area contributed by atoms with Crippen LogP contribution in [0.15, 0.2) is 0 Å². The summed E-state index contributed by atoms with van der Waals surface area (Å²) < 4.78 is 54.3. The normalized spacial score (nSPS) is 19.4. The number of aliphatic hydroxyl groups excluding tert-OH is 3. The highest BCUT2D eigenvalue weighted by Crippen LogP contribution is 2.24. The first-order valence-electron chi connectivity index (χ1n) is 27.1. The first-order valence-corrected chi connectivity index (χ1v) is 28.7. The molecule has 13 heteroatoms. The maximum Gasteiger partial charge on any atom is 0.306 e. The molecule has 1 aliphatic rings. The second-order valence-electron chi connectivity index (χ2n) is 19.3. The van der Waals surface area contributed by atoms with Gasteiger partial charge in [-0.05, 0) is 12.8 Å². The van der Waals surface area contributed by atoms with Crippen LogP contribution >= 0.6 is 0 Å². The Bertz CT molecular complexity index is 1200. The molecule has 0 aromatic carbocycles. The molecule has 6 atom stereocenters. The van der Waals surface area contributed by atoms with Crippen LogP contribution in [0.3, 0.4) is 0 Å². The number of hydrogen-bond acceptors (Lipinski definition) is 11. The fraction of sp³-hybridized carbons (Fsp3) is 0.962. The lowest BCUT2D eigenvalue weighted by atomic mass is 10.00. The molecule has 4 N–H and O–H groups in total. The highest BCUT2D eigenvalue weighted by molar-refractivity contribution is 7.85. The van der Waals surface area contributed by atoms with Gasteiger partial charge in [-0.1, -0.05) is 239 Å². The summed E-state index contributed by atoms with van der Waals surface area (Å²) in [6, 6.07) is 0. The summed E-state index contributed by atoms with van der Waals surface area (Å²) >= 11 is 0. The summed E-state index contributed by atoms with van der Waals surface area (Å²) in [6.45, 7) is 3.82. The van der Waals surface area contributed by atoms with Gasteiger partial charge < -0.3 is 34.3 Å². The van der Waals surface area contributed by atoms with Gasteiger partial charge in [0.25, 0.3) is 10.1 Å². The van der Waals surface area contributed by atoms with Gasteiger partial charge in [0.05, 0.1) is 6.61 Å². The zero-order valence-corrected chi connectivity index (χ0v) is 42.4. The molecule has 65 heavy (non-hydrogen) atoms. The average Bonchev–Trinajstić information content (AvgIpc) is 3.27. The van der Waals surface area contributed by atoms with Crippen molar-refractivity contribution in [1.29, 1.82) is 0 Å². The summed E-state index contributed by atoms with van der Waals surface area (Å²) in [5, 5.41) is 31.0. The van der Waals surface area contributed by atoms with Crippen molar-refractivity contribution >= 4 is 22.1 Å². The predicted molar refractivity (Wildman–Crippen MR) is 261 cm³/mol. The zero-order valence-electron chi connectivity index (χ0n) is 41.6. The monoisotopic (exact) mass is 949 g/mol. The SMILES string of the molecule is CCCCCCCCCCCCCCCCCCCCCCC(=O)OC(COC(=O)CCCCCCCCCCCCCCCCCCC)COC1OC(CS(=O)(=O)O)C(O)C(O)C1O. The number of rotatable bonds is 47. The zero-order chi connectivity index (χ0) is 47.6. The molecule has 0 aromatic heterocycles. The van der Waals surface area contributed by atoms with E-state index in [-0.39, 0.29) is 19.4 Å². The lowest BCUT2D eigenvalue weighted by Gasteiger charge is -2.40. The number of aliphatic hydroxyl groups is 3.